The summed E-state index contributed by atoms with van der Waals surface area (Å²) in [5.74, 6) is -0.188. The van der Waals surface area contributed by atoms with Crippen LogP contribution in [0.25, 0.3) is 0 Å². The van der Waals surface area contributed by atoms with E-state index in [4.69, 9.17) is 9.05 Å². The van der Waals surface area contributed by atoms with Crippen molar-refractivity contribution < 1.29 is 32.9 Å². The number of aliphatic hydroxyl groups is 1. The molecule has 430 valence electrons. The maximum absolute atomic E-state index is 13.0. The van der Waals surface area contributed by atoms with E-state index in [1.165, 1.54) is 276 Å². The van der Waals surface area contributed by atoms with Crippen LogP contribution in [-0.4, -0.2) is 68.5 Å². The highest BCUT2D eigenvalue weighted by atomic mass is 31.2. The molecule has 9 heteroatoms. The number of nitrogens with zero attached hydrogens (tertiary/aromatic N) is 1. The van der Waals surface area contributed by atoms with Crippen molar-refractivity contribution in [2.24, 2.45) is 0 Å². The van der Waals surface area contributed by atoms with Gasteiger partial charge in [0.25, 0.3) is 7.82 Å². The van der Waals surface area contributed by atoms with E-state index >= 15 is 0 Å². The van der Waals surface area contributed by atoms with Crippen molar-refractivity contribution in [1.29, 1.82) is 0 Å². The van der Waals surface area contributed by atoms with Gasteiger partial charge in [-0.15, -0.1) is 0 Å². The third kappa shape index (κ3) is 57.0. The Morgan fingerprint density at radius 3 is 1.04 bits per heavy atom. The fourth-order valence-electron chi connectivity index (χ4n) is 9.98. The number of carbonyl (C=O) groups is 1. The third-order valence-corrected chi connectivity index (χ3v) is 16.0. The summed E-state index contributed by atoms with van der Waals surface area (Å²) >= 11 is 0. The van der Waals surface area contributed by atoms with Gasteiger partial charge in [0.2, 0.25) is 5.91 Å². The molecule has 0 aromatic carbocycles. The second kappa shape index (κ2) is 55.0. The zero-order valence-electron chi connectivity index (χ0n) is 49.2. The summed E-state index contributed by atoms with van der Waals surface area (Å²) in [5.41, 5.74) is 0. The summed E-state index contributed by atoms with van der Waals surface area (Å²) in [7, 11) is 1.28. The van der Waals surface area contributed by atoms with Gasteiger partial charge >= 0.3 is 0 Å². The molecule has 0 aromatic rings. The summed E-state index contributed by atoms with van der Waals surface area (Å²) in [4.78, 5) is 25.6. The largest absolute Gasteiger partial charge is 0.756 e. The predicted octanol–water partition coefficient (Wildman–Crippen LogP) is 19.1. The van der Waals surface area contributed by atoms with Crippen molar-refractivity contribution in [2.75, 3.05) is 40.9 Å². The quantitative estimate of drug-likeness (QED) is 0.0272. The molecule has 72 heavy (non-hydrogen) atoms. The SMILES string of the molecule is CCCCCCCCCCCCCCCCCCCC/C=C/C(O)C(COP(=O)([O-])OCC[N+](C)(C)C)NC(=O)CCCCCCCCCCCCCCCCCCCCCCCCCCCCCCCC. The Labute approximate surface area is 450 Å². The van der Waals surface area contributed by atoms with Gasteiger partial charge in [-0.3, -0.25) is 9.36 Å². The zero-order valence-corrected chi connectivity index (χ0v) is 50.1. The highest BCUT2D eigenvalue weighted by Gasteiger charge is 2.23. The fourth-order valence-corrected chi connectivity index (χ4v) is 10.7. The molecule has 0 aromatic heterocycles. The smallest absolute Gasteiger partial charge is 0.268 e. The molecule has 0 heterocycles. The summed E-state index contributed by atoms with van der Waals surface area (Å²) in [5, 5.41) is 13.9. The topological polar surface area (TPSA) is 108 Å². The first-order chi connectivity index (χ1) is 35.0. The molecule has 0 radical (unpaired) electrons. The van der Waals surface area contributed by atoms with Crippen LogP contribution in [0.2, 0.25) is 0 Å². The van der Waals surface area contributed by atoms with Gasteiger partial charge in [0, 0.05) is 6.42 Å². The predicted molar refractivity (Wildman–Crippen MR) is 312 cm³/mol. The Balaban J connectivity index is 4.05. The highest BCUT2D eigenvalue weighted by molar-refractivity contribution is 7.45. The molecule has 0 fully saturated rings. The number of likely N-dealkylation sites (N-methyl/N-ethyl adjacent to an activating group) is 1. The van der Waals surface area contributed by atoms with Crippen molar-refractivity contribution >= 4 is 13.7 Å². The van der Waals surface area contributed by atoms with Crippen LogP contribution in [0.3, 0.4) is 0 Å². The molecule has 3 atom stereocenters. The van der Waals surface area contributed by atoms with Gasteiger partial charge in [0.15, 0.2) is 0 Å². The van der Waals surface area contributed by atoms with Gasteiger partial charge in [-0.2, -0.15) is 0 Å². The number of unbranched alkanes of at least 4 members (excludes halogenated alkanes) is 47. The van der Waals surface area contributed by atoms with Crippen molar-refractivity contribution in [3.63, 3.8) is 0 Å². The number of nitrogens with one attached hydrogen (secondary N) is 1. The molecule has 8 nitrogen and oxygen atoms in total. The Morgan fingerprint density at radius 1 is 0.472 bits per heavy atom. The molecule has 2 N–H and O–H groups in total. The summed E-state index contributed by atoms with van der Waals surface area (Å²) < 4.78 is 23.4. The summed E-state index contributed by atoms with van der Waals surface area (Å²) in [6.07, 6.45) is 68.8. The van der Waals surface area contributed by atoms with Crippen molar-refractivity contribution in [1.82, 2.24) is 5.32 Å². The number of rotatable bonds is 60. The molecule has 0 aliphatic rings. The van der Waals surface area contributed by atoms with Crippen LogP contribution >= 0.6 is 7.82 Å². The maximum atomic E-state index is 13.0. The van der Waals surface area contributed by atoms with Crippen molar-refractivity contribution in [2.45, 2.75) is 347 Å². The third-order valence-electron chi connectivity index (χ3n) is 15.0. The number of carbonyl (C=O) groups excluding carboxylic acids is 1. The second-order valence-electron chi connectivity index (χ2n) is 23.5. The first-order valence-electron chi connectivity index (χ1n) is 32.1. The average molecular weight is 1040 g/mol. The highest BCUT2D eigenvalue weighted by Crippen LogP contribution is 2.38. The molecule has 0 saturated carbocycles. The summed E-state index contributed by atoms with van der Waals surface area (Å²) in [6.45, 7) is 4.71. The molecule has 1 amide bonds. The van der Waals surface area contributed by atoms with E-state index in [9.17, 15) is 19.4 Å². The van der Waals surface area contributed by atoms with Crippen LogP contribution in [0.1, 0.15) is 335 Å². The fraction of sp³-hybridized carbons (Fsp3) is 0.952. The van der Waals surface area contributed by atoms with E-state index in [-0.39, 0.29) is 19.1 Å². The van der Waals surface area contributed by atoms with Crippen molar-refractivity contribution in [3.05, 3.63) is 12.2 Å². The molecule has 0 rings (SSSR count). The van der Waals surface area contributed by atoms with E-state index in [2.05, 4.69) is 19.2 Å². The van der Waals surface area contributed by atoms with Gasteiger partial charge in [0.05, 0.1) is 39.9 Å². The Morgan fingerprint density at radius 2 is 0.750 bits per heavy atom. The van der Waals surface area contributed by atoms with Crippen molar-refractivity contribution in [3.8, 4) is 0 Å². The van der Waals surface area contributed by atoms with Gasteiger partial charge in [-0.1, -0.05) is 321 Å². The zero-order chi connectivity index (χ0) is 52.7. The number of aliphatic hydroxyl groups excluding tert-OH is 1. The minimum absolute atomic E-state index is 0.00282. The Kier molecular flexibility index (Phi) is 54.4. The van der Waals surface area contributed by atoms with Crippen LogP contribution in [0.5, 0.6) is 0 Å². The second-order valence-corrected chi connectivity index (χ2v) is 24.9. The summed E-state index contributed by atoms with van der Waals surface area (Å²) in [6, 6.07) is -0.883. The minimum atomic E-state index is -4.59. The molecule has 0 aliphatic carbocycles. The lowest BCUT2D eigenvalue weighted by atomic mass is 10.0. The Bertz CT molecular complexity index is 1180. The van der Waals surface area contributed by atoms with Gasteiger partial charge in [0.1, 0.15) is 13.2 Å². The van der Waals surface area contributed by atoms with Crippen LogP contribution < -0.4 is 10.2 Å². The molecular weight excluding hydrogens is 912 g/mol. The standard InChI is InChI=1S/C63H127N2O6P/c1-6-8-10-12-14-16-18-20-22-24-26-28-29-30-31-32-33-34-35-36-37-39-41-43-45-47-49-51-53-55-57-63(67)64-61(60-71-72(68,69)70-59-58-65(3,4)5)62(66)56-54-52-50-48-46-44-42-40-38-27-25-23-21-19-17-15-13-11-9-7-2/h54,56,61-62,66H,6-53,55,57-60H2,1-5H3,(H-,64,67,68,69)/b56-54+. The van der Waals surface area contributed by atoms with Crippen LogP contribution in [-0.2, 0) is 18.4 Å². The van der Waals surface area contributed by atoms with E-state index in [1.807, 2.05) is 27.2 Å². The number of phosphoric acid groups is 1. The first kappa shape index (κ1) is 71.2. The number of hydrogen-bond donors (Lipinski definition) is 2. The van der Waals surface area contributed by atoms with E-state index in [0.717, 1.165) is 38.5 Å². The van der Waals surface area contributed by atoms with Crippen LogP contribution in [0.4, 0.5) is 0 Å². The lowest BCUT2D eigenvalue weighted by Gasteiger charge is -2.29. The molecule has 0 spiro atoms. The van der Waals surface area contributed by atoms with Gasteiger partial charge in [-0.25, -0.2) is 0 Å². The number of allylic oxidation sites excluding steroid dienone is 1. The molecule has 3 unspecified atom stereocenters. The van der Waals surface area contributed by atoms with Crippen LogP contribution in [0, 0.1) is 0 Å². The van der Waals surface area contributed by atoms with E-state index < -0.39 is 20.0 Å². The average Bonchev–Trinajstić information content (AvgIpc) is 3.34. The number of phosphoric ester groups is 1. The van der Waals surface area contributed by atoms with Gasteiger partial charge in [-0.05, 0) is 19.3 Å². The van der Waals surface area contributed by atoms with Crippen LogP contribution in [0.15, 0.2) is 12.2 Å². The van der Waals surface area contributed by atoms with E-state index in [0.29, 0.717) is 17.4 Å². The van der Waals surface area contributed by atoms with E-state index in [1.54, 1.807) is 6.08 Å². The normalized spacial score (nSPS) is 13.8. The Hall–Kier alpha value is -0.760. The number of quaternary nitrogens is 1. The number of hydrogen-bond acceptors (Lipinski definition) is 6. The monoisotopic (exact) mass is 1040 g/mol. The maximum Gasteiger partial charge on any atom is 0.268 e. The molecule has 0 aliphatic heterocycles. The molecule has 0 saturated heterocycles. The first-order valence-corrected chi connectivity index (χ1v) is 33.5. The lowest BCUT2D eigenvalue weighted by Crippen LogP contribution is -2.45. The lowest BCUT2D eigenvalue weighted by molar-refractivity contribution is -0.870. The number of amides is 1. The molecule has 0 bridgehead atoms. The van der Waals surface area contributed by atoms with Gasteiger partial charge < -0.3 is 28.8 Å². The minimum Gasteiger partial charge on any atom is -0.756 e. The molecular formula is C63H127N2O6P.